The van der Waals surface area contributed by atoms with E-state index in [0.29, 0.717) is 23.1 Å². The number of benzene rings is 3. The fourth-order valence-corrected chi connectivity index (χ4v) is 4.33. The van der Waals surface area contributed by atoms with Crippen molar-refractivity contribution in [1.82, 2.24) is 21.3 Å². The highest BCUT2D eigenvalue weighted by molar-refractivity contribution is 5.97. The van der Waals surface area contributed by atoms with Gasteiger partial charge in [-0.05, 0) is 74.6 Å². The van der Waals surface area contributed by atoms with Gasteiger partial charge in [0.1, 0.15) is 11.9 Å². The summed E-state index contributed by atoms with van der Waals surface area (Å²) >= 11 is 0. The second kappa shape index (κ2) is 14.9. The van der Waals surface area contributed by atoms with Crippen LogP contribution in [0.4, 0.5) is 4.39 Å². The summed E-state index contributed by atoms with van der Waals surface area (Å²) < 4.78 is 13.7. The summed E-state index contributed by atoms with van der Waals surface area (Å²) in [5.74, 6) is -1.94. The normalized spacial score (nSPS) is 11.7. The Morgan fingerprint density at radius 1 is 0.810 bits per heavy atom. The average Bonchev–Trinajstić information content (AvgIpc) is 2.93. The van der Waals surface area contributed by atoms with Crippen LogP contribution in [0, 0.1) is 12.7 Å². The lowest BCUT2D eigenvalue weighted by molar-refractivity contribution is -0.132. The van der Waals surface area contributed by atoms with Crippen molar-refractivity contribution in [1.29, 1.82) is 0 Å². The molecule has 0 heterocycles. The SMILES string of the molecule is Cc1ccc(-c2cccc(F)c2)cc1C(=O)NCCNC(=O)[C@H](CC(=O)NC(C)(C)C)NC(=O)CCc1ccccc1. The fourth-order valence-electron chi connectivity index (χ4n) is 4.33. The second-order valence-electron chi connectivity index (χ2n) is 11.2. The summed E-state index contributed by atoms with van der Waals surface area (Å²) in [7, 11) is 0. The van der Waals surface area contributed by atoms with Crippen LogP contribution in [0.3, 0.4) is 0 Å². The maximum Gasteiger partial charge on any atom is 0.251 e. The molecule has 0 saturated heterocycles. The topological polar surface area (TPSA) is 116 Å². The van der Waals surface area contributed by atoms with Crippen molar-refractivity contribution in [2.75, 3.05) is 13.1 Å². The quantitative estimate of drug-likeness (QED) is 0.244. The molecule has 0 spiro atoms. The predicted molar refractivity (Wildman–Crippen MR) is 161 cm³/mol. The van der Waals surface area contributed by atoms with E-state index in [0.717, 1.165) is 11.1 Å². The lowest BCUT2D eigenvalue weighted by atomic mass is 9.99. The van der Waals surface area contributed by atoms with E-state index in [1.807, 2.05) is 57.2 Å². The van der Waals surface area contributed by atoms with Gasteiger partial charge >= 0.3 is 0 Å². The summed E-state index contributed by atoms with van der Waals surface area (Å²) in [6, 6.07) is 19.9. The Morgan fingerprint density at radius 2 is 1.50 bits per heavy atom. The van der Waals surface area contributed by atoms with Gasteiger partial charge in [-0.25, -0.2) is 4.39 Å². The number of rotatable bonds is 12. The standard InChI is InChI=1S/C33H39FN4O4/c1-22-13-15-25(24-11-8-12-26(34)19-24)20-27(22)31(41)35-17-18-36-32(42)28(21-30(40)38-33(2,3)4)37-29(39)16-14-23-9-6-5-7-10-23/h5-13,15,19-20,28H,14,16-18,21H2,1-4H3,(H,35,41)(H,36,42)(H,37,39)(H,38,40)/t28-/m0/s1. The highest BCUT2D eigenvalue weighted by Crippen LogP contribution is 2.23. The molecule has 9 heteroatoms. The molecule has 0 unspecified atom stereocenters. The van der Waals surface area contributed by atoms with Crippen LogP contribution >= 0.6 is 0 Å². The monoisotopic (exact) mass is 574 g/mol. The number of nitrogens with one attached hydrogen (secondary N) is 4. The van der Waals surface area contributed by atoms with Gasteiger partial charge in [0.05, 0.1) is 6.42 Å². The predicted octanol–water partition coefficient (Wildman–Crippen LogP) is 4.07. The number of amides is 4. The third-order valence-corrected chi connectivity index (χ3v) is 6.39. The summed E-state index contributed by atoms with van der Waals surface area (Å²) in [5, 5.41) is 11.0. The lowest BCUT2D eigenvalue weighted by Crippen LogP contribution is -2.51. The minimum absolute atomic E-state index is 0.0878. The Kier molecular flexibility index (Phi) is 11.4. The van der Waals surface area contributed by atoms with Gasteiger partial charge in [0.25, 0.3) is 5.91 Å². The van der Waals surface area contributed by atoms with Crippen molar-refractivity contribution >= 4 is 23.6 Å². The molecular formula is C33H39FN4O4. The highest BCUT2D eigenvalue weighted by atomic mass is 19.1. The molecule has 0 bridgehead atoms. The van der Waals surface area contributed by atoms with E-state index in [2.05, 4.69) is 21.3 Å². The number of hydrogen-bond acceptors (Lipinski definition) is 4. The second-order valence-corrected chi connectivity index (χ2v) is 11.2. The smallest absolute Gasteiger partial charge is 0.251 e. The molecule has 0 aliphatic carbocycles. The number of aryl methyl sites for hydroxylation is 2. The minimum Gasteiger partial charge on any atom is -0.353 e. The van der Waals surface area contributed by atoms with Gasteiger partial charge in [0.2, 0.25) is 17.7 Å². The third-order valence-electron chi connectivity index (χ3n) is 6.39. The molecule has 8 nitrogen and oxygen atoms in total. The third kappa shape index (κ3) is 10.5. The van der Waals surface area contributed by atoms with E-state index >= 15 is 0 Å². The molecule has 3 aromatic rings. The zero-order chi connectivity index (χ0) is 30.7. The summed E-state index contributed by atoms with van der Waals surface area (Å²) in [4.78, 5) is 51.1. The van der Waals surface area contributed by atoms with E-state index in [1.54, 1.807) is 31.2 Å². The Balaban J connectivity index is 1.57. The van der Waals surface area contributed by atoms with Gasteiger partial charge in [-0.1, -0.05) is 54.6 Å². The average molecular weight is 575 g/mol. The molecule has 4 amide bonds. The van der Waals surface area contributed by atoms with Crippen LogP contribution < -0.4 is 21.3 Å². The van der Waals surface area contributed by atoms with Crippen LogP contribution in [0.25, 0.3) is 11.1 Å². The van der Waals surface area contributed by atoms with E-state index in [9.17, 15) is 23.6 Å². The molecule has 0 aliphatic rings. The molecule has 0 aromatic heterocycles. The van der Waals surface area contributed by atoms with E-state index in [4.69, 9.17) is 0 Å². The van der Waals surface area contributed by atoms with Crippen molar-refractivity contribution in [2.24, 2.45) is 0 Å². The van der Waals surface area contributed by atoms with E-state index in [1.165, 1.54) is 12.1 Å². The summed E-state index contributed by atoms with van der Waals surface area (Å²) in [6.07, 6.45) is 0.443. The van der Waals surface area contributed by atoms with Crippen LogP contribution in [0.5, 0.6) is 0 Å². The zero-order valence-corrected chi connectivity index (χ0v) is 24.6. The minimum atomic E-state index is -1.07. The first-order valence-electron chi connectivity index (χ1n) is 14.0. The van der Waals surface area contributed by atoms with Gasteiger partial charge < -0.3 is 21.3 Å². The van der Waals surface area contributed by atoms with Crippen LogP contribution in [0.15, 0.2) is 72.8 Å². The molecule has 0 radical (unpaired) electrons. The molecule has 3 rings (SSSR count). The first-order valence-corrected chi connectivity index (χ1v) is 14.0. The van der Waals surface area contributed by atoms with Crippen molar-refractivity contribution in [3.8, 4) is 11.1 Å². The van der Waals surface area contributed by atoms with Gasteiger partial charge in [-0.15, -0.1) is 0 Å². The van der Waals surface area contributed by atoms with Crippen LogP contribution in [-0.4, -0.2) is 48.3 Å². The molecule has 1 atom stereocenters. The largest absolute Gasteiger partial charge is 0.353 e. The maximum absolute atomic E-state index is 13.7. The Labute approximate surface area is 246 Å². The molecule has 222 valence electrons. The molecule has 0 fully saturated rings. The van der Waals surface area contributed by atoms with Gasteiger partial charge in [0.15, 0.2) is 0 Å². The molecule has 4 N–H and O–H groups in total. The van der Waals surface area contributed by atoms with Gasteiger partial charge in [-0.3, -0.25) is 19.2 Å². The number of carbonyl (C=O) groups is 4. The lowest BCUT2D eigenvalue weighted by Gasteiger charge is -2.23. The molecule has 42 heavy (non-hydrogen) atoms. The van der Waals surface area contributed by atoms with Crippen LogP contribution in [0.1, 0.15) is 55.1 Å². The number of hydrogen-bond donors (Lipinski definition) is 4. The zero-order valence-electron chi connectivity index (χ0n) is 24.6. The summed E-state index contributed by atoms with van der Waals surface area (Å²) in [6.45, 7) is 7.51. The van der Waals surface area contributed by atoms with Crippen molar-refractivity contribution in [2.45, 2.75) is 58.5 Å². The van der Waals surface area contributed by atoms with Crippen molar-refractivity contribution in [3.05, 3.63) is 95.3 Å². The first kappa shape index (κ1) is 32.0. The Hall–Kier alpha value is -4.53. The van der Waals surface area contributed by atoms with Crippen LogP contribution in [0.2, 0.25) is 0 Å². The van der Waals surface area contributed by atoms with Crippen molar-refractivity contribution < 1.29 is 23.6 Å². The Bertz CT molecular complexity index is 1400. The van der Waals surface area contributed by atoms with E-state index in [-0.39, 0.29) is 49.5 Å². The highest BCUT2D eigenvalue weighted by Gasteiger charge is 2.25. The molecule has 3 aromatic carbocycles. The summed E-state index contributed by atoms with van der Waals surface area (Å²) in [5.41, 5.74) is 3.04. The number of halogens is 1. The van der Waals surface area contributed by atoms with Crippen molar-refractivity contribution in [3.63, 3.8) is 0 Å². The molecule has 0 aliphatic heterocycles. The number of carbonyl (C=O) groups excluding carboxylic acids is 4. The van der Waals surface area contributed by atoms with E-state index < -0.39 is 17.5 Å². The van der Waals surface area contributed by atoms with Gasteiger partial charge in [0, 0.05) is 30.6 Å². The Morgan fingerprint density at radius 3 is 2.19 bits per heavy atom. The van der Waals surface area contributed by atoms with Gasteiger partial charge in [-0.2, -0.15) is 0 Å². The molecule has 0 saturated carbocycles. The first-order chi connectivity index (χ1) is 19.9. The van der Waals surface area contributed by atoms with Crippen LogP contribution in [-0.2, 0) is 20.8 Å². The fraction of sp³-hybridized carbons (Fsp3) is 0.333. The maximum atomic E-state index is 13.7. The molecular weight excluding hydrogens is 535 g/mol.